The largest absolute Gasteiger partial charge is 0.369 e. The summed E-state index contributed by atoms with van der Waals surface area (Å²) in [6.07, 6.45) is 1.64. The van der Waals surface area contributed by atoms with E-state index in [-0.39, 0.29) is 23.2 Å². The van der Waals surface area contributed by atoms with Gasteiger partial charge in [0.15, 0.2) is 0 Å². The van der Waals surface area contributed by atoms with Crippen LogP contribution in [0.5, 0.6) is 0 Å². The predicted octanol–water partition coefficient (Wildman–Crippen LogP) is 5.00. The Labute approximate surface area is 202 Å². The minimum atomic E-state index is -3.83. The Balaban J connectivity index is 1.63. The predicted molar refractivity (Wildman–Crippen MR) is 132 cm³/mol. The van der Waals surface area contributed by atoms with Crippen molar-refractivity contribution >= 4 is 27.6 Å². The van der Waals surface area contributed by atoms with Gasteiger partial charge in [-0.3, -0.25) is 4.98 Å². The molecule has 34 heavy (non-hydrogen) atoms. The highest BCUT2D eigenvalue weighted by atomic mass is 35.5. The Morgan fingerprint density at radius 3 is 2.29 bits per heavy atom. The zero-order chi connectivity index (χ0) is 24.1. The van der Waals surface area contributed by atoms with Crippen molar-refractivity contribution in [2.45, 2.75) is 11.4 Å². The average Bonchev–Trinajstić information content (AvgIpc) is 2.84. The number of pyridine rings is 1. The summed E-state index contributed by atoms with van der Waals surface area (Å²) in [6, 6.07) is 23.1. The fourth-order valence-electron chi connectivity index (χ4n) is 3.29. The smallest absolute Gasteiger partial charge is 0.264 e. The van der Waals surface area contributed by atoms with Crippen LogP contribution in [-0.2, 0) is 16.6 Å². The van der Waals surface area contributed by atoms with Gasteiger partial charge in [-0.1, -0.05) is 54.1 Å². The van der Waals surface area contributed by atoms with Gasteiger partial charge in [-0.15, -0.1) is 0 Å². The zero-order valence-electron chi connectivity index (χ0n) is 17.8. The Morgan fingerprint density at radius 2 is 1.62 bits per heavy atom. The molecule has 1 aromatic heterocycles. The number of rotatable bonds is 6. The average molecular weight is 495 g/mol. The molecule has 0 aliphatic heterocycles. The number of guanidine groups is 1. The maximum atomic E-state index is 13.5. The molecule has 0 fully saturated rings. The lowest BCUT2D eigenvalue weighted by Crippen LogP contribution is -2.36. The van der Waals surface area contributed by atoms with Crippen LogP contribution in [0.2, 0.25) is 5.02 Å². The van der Waals surface area contributed by atoms with Crippen LogP contribution in [0.1, 0.15) is 5.56 Å². The van der Waals surface area contributed by atoms with Gasteiger partial charge in [-0.25, -0.2) is 22.5 Å². The van der Waals surface area contributed by atoms with Gasteiger partial charge in [0, 0.05) is 22.3 Å². The summed E-state index contributed by atoms with van der Waals surface area (Å²) in [5.41, 5.74) is 9.58. The fraction of sp³-hybridized carbons (Fsp3) is 0.0400. The molecule has 0 spiro atoms. The molecule has 0 saturated heterocycles. The quantitative estimate of drug-likeness (QED) is 0.291. The highest BCUT2D eigenvalue weighted by molar-refractivity contribution is 7.90. The zero-order valence-corrected chi connectivity index (χ0v) is 19.4. The van der Waals surface area contributed by atoms with Gasteiger partial charge in [-0.05, 0) is 53.6 Å². The lowest BCUT2D eigenvalue weighted by molar-refractivity contribution is 0.592. The van der Waals surface area contributed by atoms with E-state index in [0.29, 0.717) is 16.3 Å². The number of nitrogens with one attached hydrogen (secondary N) is 1. The SMILES string of the molecule is NC(=NCc1cnc(-c2ccc(Cl)cc2)c(-c2ccc(F)cc2)c1)NS(=O)(=O)c1ccccc1. The maximum Gasteiger partial charge on any atom is 0.264 e. The van der Waals surface area contributed by atoms with Gasteiger partial charge in [0.05, 0.1) is 17.1 Å². The summed E-state index contributed by atoms with van der Waals surface area (Å²) >= 11 is 6.02. The standard InChI is InChI=1S/C25H20ClFN4O2S/c26-20-10-6-19(7-11-20)24-23(18-8-12-21(27)13-9-18)14-17(15-29-24)16-30-25(28)31-34(32,33)22-4-2-1-3-5-22/h1-15H,16H2,(H3,28,30,31). The molecule has 3 aromatic carbocycles. The molecule has 3 N–H and O–H groups in total. The summed E-state index contributed by atoms with van der Waals surface area (Å²) in [7, 11) is -3.83. The molecule has 0 aliphatic carbocycles. The first-order valence-corrected chi connectivity index (χ1v) is 12.1. The summed E-state index contributed by atoms with van der Waals surface area (Å²) in [5, 5.41) is 0.603. The van der Waals surface area contributed by atoms with E-state index < -0.39 is 10.0 Å². The molecule has 0 saturated carbocycles. The lowest BCUT2D eigenvalue weighted by atomic mass is 9.98. The molecule has 9 heteroatoms. The number of nitrogens with two attached hydrogens (primary N) is 1. The normalized spacial score (nSPS) is 11.9. The Kier molecular flexibility index (Phi) is 6.90. The van der Waals surface area contributed by atoms with E-state index in [1.165, 1.54) is 24.3 Å². The van der Waals surface area contributed by atoms with Gasteiger partial charge in [0.1, 0.15) is 5.82 Å². The molecule has 4 rings (SSSR count). The number of aromatic nitrogens is 1. The molecular weight excluding hydrogens is 475 g/mol. The summed E-state index contributed by atoms with van der Waals surface area (Å²) in [4.78, 5) is 8.83. The van der Waals surface area contributed by atoms with Gasteiger partial charge in [0.2, 0.25) is 5.96 Å². The first-order valence-electron chi connectivity index (χ1n) is 10.2. The van der Waals surface area contributed by atoms with E-state index in [0.717, 1.165) is 16.7 Å². The molecule has 0 aliphatic rings. The fourth-order valence-corrected chi connectivity index (χ4v) is 4.39. The molecule has 0 bridgehead atoms. The van der Waals surface area contributed by atoms with E-state index in [1.54, 1.807) is 48.7 Å². The second-order valence-corrected chi connectivity index (χ2v) is 9.49. The van der Waals surface area contributed by atoms with Crippen molar-refractivity contribution in [3.8, 4) is 22.4 Å². The third-order valence-corrected chi connectivity index (χ3v) is 6.56. The topological polar surface area (TPSA) is 97.4 Å². The molecule has 0 radical (unpaired) electrons. The van der Waals surface area contributed by atoms with Crippen LogP contribution in [-0.4, -0.2) is 19.4 Å². The van der Waals surface area contributed by atoms with E-state index in [2.05, 4.69) is 14.7 Å². The highest BCUT2D eigenvalue weighted by Crippen LogP contribution is 2.32. The molecule has 4 aromatic rings. The van der Waals surface area contributed by atoms with E-state index >= 15 is 0 Å². The molecule has 6 nitrogen and oxygen atoms in total. The minimum Gasteiger partial charge on any atom is -0.369 e. The van der Waals surface area contributed by atoms with Crippen molar-refractivity contribution in [3.05, 3.63) is 108 Å². The van der Waals surface area contributed by atoms with Crippen LogP contribution in [0.3, 0.4) is 0 Å². The third-order valence-electron chi connectivity index (χ3n) is 4.94. The van der Waals surface area contributed by atoms with Crippen molar-refractivity contribution in [2.24, 2.45) is 10.7 Å². The molecule has 0 atom stereocenters. The number of hydrogen-bond donors (Lipinski definition) is 2. The molecule has 1 heterocycles. The van der Waals surface area contributed by atoms with Crippen molar-refractivity contribution in [1.29, 1.82) is 0 Å². The van der Waals surface area contributed by atoms with Crippen molar-refractivity contribution in [2.75, 3.05) is 0 Å². The number of nitrogens with zero attached hydrogens (tertiary/aromatic N) is 2. The third kappa shape index (κ3) is 5.59. The summed E-state index contributed by atoms with van der Waals surface area (Å²) in [6.45, 7) is 0.0885. The van der Waals surface area contributed by atoms with E-state index in [9.17, 15) is 12.8 Å². The number of hydrogen-bond acceptors (Lipinski definition) is 4. The van der Waals surface area contributed by atoms with Crippen molar-refractivity contribution in [3.63, 3.8) is 0 Å². The van der Waals surface area contributed by atoms with Crippen molar-refractivity contribution < 1.29 is 12.8 Å². The number of aliphatic imine (C=N–C) groups is 1. The number of sulfonamides is 1. The van der Waals surface area contributed by atoms with Crippen LogP contribution < -0.4 is 10.5 Å². The van der Waals surface area contributed by atoms with Crippen LogP contribution in [0.15, 0.2) is 101 Å². The van der Waals surface area contributed by atoms with Crippen molar-refractivity contribution in [1.82, 2.24) is 9.71 Å². The summed E-state index contributed by atoms with van der Waals surface area (Å²) in [5.74, 6) is -0.585. The highest BCUT2D eigenvalue weighted by Gasteiger charge is 2.15. The van der Waals surface area contributed by atoms with Crippen LogP contribution >= 0.6 is 11.6 Å². The number of halogens is 2. The molecule has 172 valence electrons. The van der Waals surface area contributed by atoms with Crippen LogP contribution in [0.4, 0.5) is 4.39 Å². The molecular formula is C25H20ClFN4O2S. The monoisotopic (exact) mass is 494 g/mol. The first kappa shape index (κ1) is 23.4. The second-order valence-electron chi connectivity index (χ2n) is 7.37. The first-order chi connectivity index (χ1) is 16.3. The Bertz CT molecular complexity index is 1430. The Morgan fingerprint density at radius 1 is 0.971 bits per heavy atom. The van der Waals surface area contributed by atoms with Gasteiger partial charge >= 0.3 is 0 Å². The summed E-state index contributed by atoms with van der Waals surface area (Å²) < 4.78 is 40.6. The molecule has 0 unspecified atom stereocenters. The Hall–Kier alpha value is -3.75. The number of benzene rings is 3. The maximum absolute atomic E-state index is 13.5. The second kappa shape index (κ2) is 10.0. The van der Waals surface area contributed by atoms with Crippen LogP contribution in [0.25, 0.3) is 22.4 Å². The minimum absolute atomic E-state index is 0.0840. The van der Waals surface area contributed by atoms with E-state index in [1.807, 2.05) is 18.2 Å². The van der Waals surface area contributed by atoms with Crippen LogP contribution in [0, 0.1) is 5.82 Å². The molecule has 0 amide bonds. The van der Waals surface area contributed by atoms with Gasteiger partial charge in [-0.2, -0.15) is 0 Å². The lowest BCUT2D eigenvalue weighted by Gasteiger charge is -2.12. The van der Waals surface area contributed by atoms with E-state index in [4.69, 9.17) is 17.3 Å². The van der Waals surface area contributed by atoms with Gasteiger partial charge < -0.3 is 5.73 Å². The van der Waals surface area contributed by atoms with Gasteiger partial charge in [0.25, 0.3) is 10.0 Å².